The molecule has 0 bridgehead atoms. The molecule has 0 N–H and O–H groups in total. The third kappa shape index (κ3) is 4.58. The Labute approximate surface area is 213 Å². The van der Waals surface area contributed by atoms with Gasteiger partial charge in [-0.2, -0.15) is 0 Å². The number of rotatable bonds is 8. The third-order valence-electron chi connectivity index (χ3n) is 8.18. The minimum atomic E-state index is -0.633. The molecule has 2 fully saturated rings. The highest BCUT2D eigenvalue weighted by molar-refractivity contribution is 6.02. The summed E-state index contributed by atoms with van der Waals surface area (Å²) in [6.45, 7) is 0.225. The first-order chi connectivity index (χ1) is 17.6. The van der Waals surface area contributed by atoms with E-state index >= 15 is 0 Å². The van der Waals surface area contributed by atoms with Gasteiger partial charge in [0.25, 0.3) is 0 Å². The lowest BCUT2D eigenvalue weighted by Crippen LogP contribution is -2.45. The summed E-state index contributed by atoms with van der Waals surface area (Å²) in [6, 6.07) is 9.63. The highest BCUT2D eigenvalue weighted by atomic mass is 16.6. The molecule has 0 spiro atoms. The maximum absolute atomic E-state index is 13.4. The highest BCUT2D eigenvalue weighted by Crippen LogP contribution is 2.49. The number of esters is 1. The van der Waals surface area contributed by atoms with Crippen molar-refractivity contribution in [3.63, 3.8) is 0 Å². The number of carbonyl (C=O) groups is 2. The van der Waals surface area contributed by atoms with Gasteiger partial charge in [0, 0.05) is 17.5 Å². The van der Waals surface area contributed by atoms with Gasteiger partial charge in [-0.3, -0.25) is 9.59 Å². The molecule has 6 nitrogen and oxygen atoms in total. The maximum Gasteiger partial charge on any atom is 0.315 e. The van der Waals surface area contributed by atoms with E-state index in [9.17, 15) is 9.59 Å². The van der Waals surface area contributed by atoms with Gasteiger partial charge in [-0.05, 0) is 68.2 Å². The van der Waals surface area contributed by atoms with Crippen LogP contribution in [-0.4, -0.2) is 38.7 Å². The Kier molecular flexibility index (Phi) is 7.22. The smallest absolute Gasteiger partial charge is 0.315 e. The van der Waals surface area contributed by atoms with E-state index in [1.165, 1.54) is 12.8 Å². The number of methoxy groups -OCH3 is 2. The van der Waals surface area contributed by atoms with Crippen molar-refractivity contribution in [3.05, 3.63) is 41.5 Å². The lowest BCUT2D eigenvalue weighted by molar-refractivity contribution is -0.170. The normalized spacial score (nSPS) is 19.1. The number of fused-ring (bicyclic) bond motifs is 1. The minimum Gasteiger partial charge on any atom is -0.493 e. The van der Waals surface area contributed by atoms with Crippen molar-refractivity contribution in [2.24, 2.45) is 5.41 Å². The van der Waals surface area contributed by atoms with Crippen LogP contribution in [0.1, 0.15) is 80.1 Å². The summed E-state index contributed by atoms with van der Waals surface area (Å²) in [4.78, 5) is 25.8. The molecule has 0 unspecified atom stereocenters. The summed E-state index contributed by atoms with van der Waals surface area (Å²) in [5.74, 6) is 1.63. The minimum absolute atomic E-state index is 0.0174. The molecule has 0 aromatic heterocycles. The molecule has 0 atom stereocenters. The molecular formula is C30H36O6. The molecule has 2 saturated carbocycles. The fourth-order valence-electron chi connectivity index (χ4n) is 5.85. The molecule has 2 aromatic rings. The Morgan fingerprint density at radius 2 is 1.61 bits per heavy atom. The SMILES string of the molecule is COc1ccc(-c2cccc3c2CCC3=O)c(OCC2(C(=O)OC3CCCCCC3)CCC2)c1OC. The zero-order chi connectivity index (χ0) is 25.1. The Bertz CT molecular complexity index is 1120. The number of hydrogen-bond acceptors (Lipinski definition) is 6. The van der Waals surface area contributed by atoms with E-state index in [4.69, 9.17) is 18.9 Å². The van der Waals surface area contributed by atoms with Crippen LogP contribution in [-0.2, 0) is 16.0 Å². The van der Waals surface area contributed by atoms with E-state index in [0.29, 0.717) is 30.1 Å². The molecule has 0 radical (unpaired) electrons. The summed E-state index contributed by atoms with van der Waals surface area (Å²) in [5.41, 5.74) is 2.97. The molecule has 3 aliphatic carbocycles. The van der Waals surface area contributed by atoms with Crippen LogP contribution in [0.25, 0.3) is 11.1 Å². The summed E-state index contributed by atoms with van der Waals surface area (Å²) < 4.78 is 23.8. The van der Waals surface area contributed by atoms with Crippen LogP contribution in [0.4, 0.5) is 0 Å². The Balaban J connectivity index is 1.45. The van der Waals surface area contributed by atoms with Gasteiger partial charge in [0.1, 0.15) is 18.1 Å². The first-order valence-corrected chi connectivity index (χ1v) is 13.3. The van der Waals surface area contributed by atoms with Gasteiger partial charge in [0.15, 0.2) is 17.3 Å². The first-order valence-electron chi connectivity index (χ1n) is 13.3. The topological polar surface area (TPSA) is 71.1 Å². The van der Waals surface area contributed by atoms with Crippen LogP contribution in [0, 0.1) is 5.41 Å². The summed E-state index contributed by atoms with van der Waals surface area (Å²) in [5, 5.41) is 0. The standard InChI is InChI=1S/C30H36O6/c1-33-26-16-14-24(21-11-7-12-23-22(21)13-15-25(23)31)27(28(26)34-2)35-19-30(17-8-18-30)29(32)36-20-9-5-3-4-6-10-20/h7,11-12,14,16,20H,3-6,8-10,13,15,17-19H2,1-2H3. The average Bonchev–Trinajstić information content (AvgIpc) is 3.07. The van der Waals surface area contributed by atoms with Crippen LogP contribution >= 0.6 is 0 Å². The van der Waals surface area contributed by atoms with Crippen LogP contribution in [0.15, 0.2) is 30.3 Å². The van der Waals surface area contributed by atoms with Crippen molar-refractivity contribution >= 4 is 11.8 Å². The average molecular weight is 493 g/mol. The molecule has 6 heteroatoms. The van der Waals surface area contributed by atoms with Gasteiger partial charge in [0.2, 0.25) is 5.75 Å². The lowest BCUT2D eigenvalue weighted by atomic mass is 9.69. The number of ketones is 1. The maximum atomic E-state index is 13.4. The van der Waals surface area contributed by atoms with Crippen molar-refractivity contribution in [1.82, 2.24) is 0 Å². The molecule has 0 amide bonds. The van der Waals surface area contributed by atoms with Gasteiger partial charge < -0.3 is 18.9 Å². The van der Waals surface area contributed by atoms with Gasteiger partial charge in [-0.25, -0.2) is 0 Å². The second-order valence-electron chi connectivity index (χ2n) is 10.4. The fourth-order valence-corrected chi connectivity index (χ4v) is 5.85. The third-order valence-corrected chi connectivity index (χ3v) is 8.18. The predicted octanol–water partition coefficient (Wildman–Crippen LogP) is 6.31. The second-order valence-corrected chi connectivity index (χ2v) is 10.4. The number of carbonyl (C=O) groups excluding carboxylic acids is 2. The Morgan fingerprint density at radius 1 is 0.861 bits per heavy atom. The molecule has 5 rings (SSSR count). The van der Waals surface area contributed by atoms with Crippen molar-refractivity contribution in [2.45, 2.75) is 76.7 Å². The van der Waals surface area contributed by atoms with E-state index in [0.717, 1.165) is 67.2 Å². The van der Waals surface area contributed by atoms with Crippen LogP contribution < -0.4 is 14.2 Å². The molecule has 0 saturated heterocycles. The van der Waals surface area contributed by atoms with Crippen LogP contribution in [0.3, 0.4) is 0 Å². The van der Waals surface area contributed by atoms with E-state index in [-0.39, 0.29) is 24.5 Å². The van der Waals surface area contributed by atoms with Crippen molar-refractivity contribution in [3.8, 4) is 28.4 Å². The number of Topliss-reactive ketones (excluding diaryl/α,β-unsaturated/α-hetero) is 1. The number of hydrogen-bond donors (Lipinski definition) is 0. The van der Waals surface area contributed by atoms with Crippen molar-refractivity contribution in [1.29, 1.82) is 0 Å². The van der Waals surface area contributed by atoms with Crippen molar-refractivity contribution < 1.29 is 28.5 Å². The van der Waals surface area contributed by atoms with Gasteiger partial charge in [0.05, 0.1) is 14.2 Å². The molecule has 192 valence electrons. The Hall–Kier alpha value is -3.02. The predicted molar refractivity (Wildman–Crippen MR) is 137 cm³/mol. The summed E-state index contributed by atoms with van der Waals surface area (Å²) in [7, 11) is 3.19. The molecule has 3 aliphatic rings. The van der Waals surface area contributed by atoms with Crippen LogP contribution in [0.2, 0.25) is 0 Å². The molecular weight excluding hydrogens is 456 g/mol. The first kappa shape index (κ1) is 24.7. The number of benzene rings is 2. The molecule has 2 aromatic carbocycles. The largest absolute Gasteiger partial charge is 0.493 e. The van der Waals surface area contributed by atoms with Gasteiger partial charge >= 0.3 is 5.97 Å². The monoisotopic (exact) mass is 492 g/mol. The van der Waals surface area contributed by atoms with Crippen molar-refractivity contribution in [2.75, 3.05) is 20.8 Å². The fraction of sp³-hybridized carbons (Fsp3) is 0.533. The molecule has 0 heterocycles. The summed E-state index contributed by atoms with van der Waals surface area (Å²) >= 11 is 0. The van der Waals surface area contributed by atoms with E-state index in [1.54, 1.807) is 14.2 Å². The van der Waals surface area contributed by atoms with Gasteiger partial charge in [-0.15, -0.1) is 0 Å². The van der Waals surface area contributed by atoms with Gasteiger partial charge in [-0.1, -0.05) is 37.5 Å². The molecule has 0 aliphatic heterocycles. The number of ether oxygens (including phenoxy) is 4. The zero-order valence-corrected chi connectivity index (χ0v) is 21.4. The summed E-state index contributed by atoms with van der Waals surface area (Å²) in [6.07, 6.45) is 10.3. The Morgan fingerprint density at radius 3 is 2.28 bits per heavy atom. The highest BCUT2D eigenvalue weighted by Gasteiger charge is 2.47. The molecule has 36 heavy (non-hydrogen) atoms. The van der Waals surface area contributed by atoms with Crippen LogP contribution in [0.5, 0.6) is 17.2 Å². The van der Waals surface area contributed by atoms with E-state index in [2.05, 4.69) is 0 Å². The van der Waals surface area contributed by atoms with E-state index in [1.807, 2.05) is 30.3 Å². The zero-order valence-electron chi connectivity index (χ0n) is 21.4. The lowest BCUT2D eigenvalue weighted by Gasteiger charge is -2.40. The quantitative estimate of drug-likeness (QED) is 0.317. The second kappa shape index (κ2) is 10.5. The van der Waals surface area contributed by atoms with E-state index < -0.39 is 5.41 Å².